The summed E-state index contributed by atoms with van der Waals surface area (Å²) in [4.78, 5) is 12.4. The molecule has 0 radical (unpaired) electrons. The zero-order chi connectivity index (χ0) is 21.8. The fraction of sp³-hybridized carbons (Fsp3) is 0.154. The van der Waals surface area contributed by atoms with Gasteiger partial charge in [-0.3, -0.25) is 4.79 Å². The number of hydrogen-bond donors (Lipinski definition) is 0. The smallest absolute Gasteiger partial charge is 0.361 e. The van der Waals surface area contributed by atoms with Gasteiger partial charge in [0.15, 0.2) is 17.3 Å². The Bertz CT molecular complexity index is 1230. The van der Waals surface area contributed by atoms with Crippen LogP contribution in [0.3, 0.4) is 0 Å². The second-order valence-corrected chi connectivity index (χ2v) is 7.04. The summed E-state index contributed by atoms with van der Waals surface area (Å²) in [5.74, 6) is 2.30. The highest BCUT2D eigenvalue weighted by atomic mass is 16.5. The van der Waals surface area contributed by atoms with E-state index in [-0.39, 0.29) is 12.2 Å². The quantitative estimate of drug-likeness (QED) is 0.477. The van der Waals surface area contributed by atoms with Gasteiger partial charge in [-0.15, -0.1) is 0 Å². The highest BCUT2D eigenvalue weighted by Gasteiger charge is 2.24. The van der Waals surface area contributed by atoms with Crippen molar-refractivity contribution in [1.29, 1.82) is 0 Å². The normalized spacial score (nSPS) is 13.8. The molecule has 5 heteroatoms. The largest absolute Gasteiger partial charge is 0.493 e. The van der Waals surface area contributed by atoms with Gasteiger partial charge >= 0.3 is 11.3 Å². The first kappa shape index (κ1) is 20.4. The Morgan fingerprint density at radius 3 is 2.42 bits per heavy atom. The standard InChI is InChI=1S/C26H23O5/c1-28-24-13-10-18(16-21(24)27)20-15-19-6-4-5-7-22(19)31-23(20)11-8-17-9-12-25(29-2)26(14-17)30-3/h4-15H,16H2,1-3H3/q+1/b11-8+. The zero-order valence-corrected chi connectivity index (χ0v) is 17.7. The fourth-order valence-electron chi connectivity index (χ4n) is 3.55. The molecular weight excluding hydrogens is 392 g/mol. The van der Waals surface area contributed by atoms with Crippen molar-refractivity contribution < 1.29 is 23.4 Å². The molecule has 1 aliphatic carbocycles. The van der Waals surface area contributed by atoms with E-state index in [1.165, 1.54) is 7.11 Å². The summed E-state index contributed by atoms with van der Waals surface area (Å²) in [6.07, 6.45) is 7.72. The maximum Gasteiger partial charge on any atom is 0.361 e. The van der Waals surface area contributed by atoms with Crippen molar-refractivity contribution >= 4 is 34.5 Å². The molecule has 0 aliphatic heterocycles. The van der Waals surface area contributed by atoms with Crippen LogP contribution in [0.1, 0.15) is 23.3 Å². The topological polar surface area (TPSA) is 56.1 Å². The molecule has 0 fully saturated rings. The van der Waals surface area contributed by atoms with Crippen molar-refractivity contribution in [2.24, 2.45) is 0 Å². The van der Waals surface area contributed by atoms with Crippen LogP contribution in [-0.2, 0) is 9.53 Å². The van der Waals surface area contributed by atoms with Gasteiger partial charge in [0.25, 0.3) is 0 Å². The van der Waals surface area contributed by atoms with Crippen molar-refractivity contribution in [3.63, 3.8) is 0 Å². The van der Waals surface area contributed by atoms with Crippen LogP contribution in [-0.4, -0.2) is 27.1 Å². The van der Waals surface area contributed by atoms with E-state index in [4.69, 9.17) is 18.6 Å². The number of Topliss-reactive ketones (excluding diaryl/α,β-unsaturated/α-hetero) is 1. The monoisotopic (exact) mass is 415 g/mol. The average Bonchev–Trinajstić information content (AvgIpc) is 2.81. The summed E-state index contributed by atoms with van der Waals surface area (Å²) in [5.41, 5.74) is 3.46. The zero-order valence-electron chi connectivity index (χ0n) is 17.7. The van der Waals surface area contributed by atoms with Crippen LogP contribution in [0.5, 0.6) is 11.5 Å². The number of benzene rings is 2. The second-order valence-electron chi connectivity index (χ2n) is 7.04. The lowest BCUT2D eigenvalue weighted by Crippen LogP contribution is -2.09. The average molecular weight is 415 g/mol. The van der Waals surface area contributed by atoms with Crippen molar-refractivity contribution in [3.8, 4) is 11.5 Å². The summed E-state index contributed by atoms with van der Waals surface area (Å²) >= 11 is 0. The summed E-state index contributed by atoms with van der Waals surface area (Å²) < 4.78 is 22.0. The van der Waals surface area contributed by atoms with Crippen LogP contribution in [0, 0.1) is 0 Å². The number of ether oxygens (including phenoxy) is 3. The Balaban J connectivity index is 1.79. The molecule has 31 heavy (non-hydrogen) atoms. The number of methoxy groups -OCH3 is 3. The number of fused-ring (bicyclic) bond motifs is 1. The molecule has 0 bridgehead atoms. The van der Waals surface area contributed by atoms with Gasteiger partial charge in [-0.1, -0.05) is 24.3 Å². The Labute approximate surface area is 180 Å². The molecule has 1 aromatic heterocycles. The van der Waals surface area contributed by atoms with Gasteiger partial charge in [0.1, 0.15) is 0 Å². The van der Waals surface area contributed by atoms with Crippen LogP contribution in [0.15, 0.2) is 70.9 Å². The van der Waals surface area contributed by atoms with Gasteiger partial charge in [0.05, 0.1) is 32.3 Å². The third-order valence-electron chi connectivity index (χ3n) is 5.17. The number of para-hydroxylation sites is 1. The van der Waals surface area contributed by atoms with E-state index in [1.807, 2.05) is 60.7 Å². The number of carbonyl (C=O) groups excluding carboxylic acids is 1. The molecule has 2 aromatic carbocycles. The summed E-state index contributed by atoms with van der Waals surface area (Å²) in [6, 6.07) is 15.6. The highest BCUT2D eigenvalue weighted by molar-refractivity contribution is 6.04. The van der Waals surface area contributed by atoms with E-state index in [0.29, 0.717) is 23.0 Å². The maximum atomic E-state index is 12.4. The van der Waals surface area contributed by atoms with Gasteiger partial charge in [0, 0.05) is 18.6 Å². The lowest BCUT2D eigenvalue weighted by atomic mass is 9.94. The van der Waals surface area contributed by atoms with Gasteiger partial charge in [-0.2, -0.15) is 0 Å². The molecule has 0 unspecified atom stereocenters. The molecule has 0 saturated heterocycles. The van der Waals surface area contributed by atoms with Crippen LogP contribution in [0.4, 0.5) is 0 Å². The Kier molecular flexibility index (Phi) is 5.85. The molecule has 1 heterocycles. The molecule has 5 nitrogen and oxygen atoms in total. The first-order valence-electron chi connectivity index (χ1n) is 9.87. The number of ketones is 1. The van der Waals surface area contributed by atoms with Crippen molar-refractivity contribution in [1.82, 2.24) is 0 Å². The lowest BCUT2D eigenvalue weighted by molar-refractivity contribution is -0.117. The Morgan fingerprint density at radius 1 is 0.871 bits per heavy atom. The van der Waals surface area contributed by atoms with Gasteiger partial charge in [0.2, 0.25) is 5.78 Å². The van der Waals surface area contributed by atoms with Gasteiger partial charge < -0.3 is 14.2 Å². The molecule has 4 rings (SSSR count). The molecular formula is C26H23O5+. The number of carbonyl (C=O) groups is 1. The maximum absolute atomic E-state index is 12.4. The predicted molar refractivity (Wildman–Crippen MR) is 122 cm³/mol. The van der Waals surface area contributed by atoms with E-state index in [0.717, 1.165) is 27.7 Å². The van der Waals surface area contributed by atoms with E-state index >= 15 is 0 Å². The summed E-state index contributed by atoms with van der Waals surface area (Å²) in [5, 5.41) is 0.968. The number of allylic oxidation sites excluding steroid dienone is 4. The predicted octanol–water partition coefficient (Wildman–Crippen LogP) is 5.79. The molecule has 0 saturated carbocycles. The third-order valence-corrected chi connectivity index (χ3v) is 5.17. The van der Waals surface area contributed by atoms with E-state index in [9.17, 15) is 4.79 Å². The van der Waals surface area contributed by atoms with Crippen molar-refractivity contribution in [2.45, 2.75) is 6.42 Å². The summed E-state index contributed by atoms with van der Waals surface area (Å²) in [6.45, 7) is 0. The number of rotatable bonds is 6. The summed E-state index contributed by atoms with van der Waals surface area (Å²) in [7, 11) is 4.72. The van der Waals surface area contributed by atoms with Crippen molar-refractivity contribution in [3.05, 3.63) is 83.3 Å². The lowest BCUT2D eigenvalue weighted by Gasteiger charge is -2.12. The van der Waals surface area contributed by atoms with Crippen LogP contribution in [0.25, 0.3) is 28.7 Å². The van der Waals surface area contributed by atoms with Crippen LogP contribution in [0.2, 0.25) is 0 Å². The van der Waals surface area contributed by atoms with Gasteiger partial charge in [-0.25, -0.2) is 4.42 Å². The Morgan fingerprint density at radius 2 is 1.68 bits per heavy atom. The minimum atomic E-state index is -0.0528. The highest BCUT2D eigenvalue weighted by Crippen LogP contribution is 2.33. The van der Waals surface area contributed by atoms with E-state index in [1.54, 1.807) is 20.3 Å². The first-order valence-corrected chi connectivity index (χ1v) is 9.87. The molecule has 1 aliphatic rings. The van der Waals surface area contributed by atoms with Crippen LogP contribution < -0.4 is 9.47 Å². The second kappa shape index (κ2) is 8.88. The molecule has 0 spiro atoms. The van der Waals surface area contributed by atoms with E-state index < -0.39 is 0 Å². The fourth-order valence-corrected chi connectivity index (χ4v) is 3.55. The number of hydrogen-bond acceptors (Lipinski definition) is 4. The molecule has 0 N–H and O–H groups in total. The van der Waals surface area contributed by atoms with Gasteiger partial charge in [-0.05, 0) is 47.6 Å². The molecule has 0 atom stereocenters. The Hall–Kier alpha value is -3.86. The molecule has 156 valence electrons. The first-order chi connectivity index (χ1) is 15.1. The minimum absolute atomic E-state index is 0.0528. The molecule has 3 aromatic rings. The third kappa shape index (κ3) is 4.21. The SMILES string of the molecule is COC1=CC=C(c2cc3ccccc3[o+]c2/C=C/c2ccc(OC)c(OC)c2)CC1=O. The molecule has 0 amide bonds. The van der Waals surface area contributed by atoms with E-state index in [2.05, 4.69) is 6.07 Å². The van der Waals surface area contributed by atoms with Crippen molar-refractivity contribution in [2.75, 3.05) is 21.3 Å². The van der Waals surface area contributed by atoms with Crippen LogP contribution >= 0.6 is 0 Å². The minimum Gasteiger partial charge on any atom is -0.493 e.